The molecule has 5 heteroatoms. The van der Waals surface area contributed by atoms with Gasteiger partial charge in [-0.3, -0.25) is 4.79 Å². The van der Waals surface area contributed by atoms with Crippen molar-refractivity contribution in [2.24, 2.45) is 5.73 Å². The number of imidazole rings is 1. The number of anilines is 1. The van der Waals surface area contributed by atoms with Crippen molar-refractivity contribution < 1.29 is 4.79 Å². The third-order valence-electron chi connectivity index (χ3n) is 2.46. The van der Waals surface area contributed by atoms with Crippen LogP contribution in [0.2, 0.25) is 0 Å². The average molecular weight is 230 g/mol. The van der Waals surface area contributed by atoms with Crippen LogP contribution in [-0.2, 0) is 11.3 Å². The van der Waals surface area contributed by atoms with Crippen LogP contribution in [0.1, 0.15) is 6.42 Å². The van der Waals surface area contributed by atoms with E-state index in [9.17, 15) is 4.79 Å². The number of hydrogen-bond acceptors (Lipinski definition) is 3. The molecule has 0 aliphatic carbocycles. The summed E-state index contributed by atoms with van der Waals surface area (Å²) in [5.74, 6) is 0.468. The topological polar surface area (TPSA) is 86.9 Å². The summed E-state index contributed by atoms with van der Waals surface area (Å²) in [5, 5.41) is 0. The van der Waals surface area contributed by atoms with E-state index in [1.54, 1.807) is 6.20 Å². The highest BCUT2D eigenvalue weighted by molar-refractivity contribution is 5.73. The highest BCUT2D eigenvalue weighted by Crippen LogP contribution is 2.19. The van der Waals surface area contributed by atoms with Crippen molar-refractivity contribution in [1.29, 1.82) is 0 Å². The summed E-state index contributed by atoms with van der Waals surface area (Å²) in [6.45, 7) is 0.527. The molecule has 17 heavy (non-hydrogen) atoms. The minimum atomic E-state index is -0.322. The largest absolute Gasteiger partial charge is 0.399 e. The molecule has 0 saturated carbocycles. The van der Waals surface area contributed by atoms with Gasteiger partial charge in [0.1, 0.15) is 5.82 Å². The highest BCUT2D eigenvalue weighted by Gasteiger charge is 2.06. The molecule has 1 heterocycles. The van der Waals surface area contributed by atoms with Crippen molar-refractivity contribution in [3.8, 4) is 11.4 Å². The number of rotatable bonds is 4. The first-order valence-electron chi connectivity index (χ1n) is 5.32. The Kier molecular flexibility index (Phi) is 3.09. The quantitative estimate of drug-likeness (QED) is 0.768. The molecule has 2 rings (SSSR count). The number of benzene rings is 1. The van der Waals surface area contributed by atoms with Crippen molar-refractivity contribution in [2.45, 2.75) is 13.0 Å². The van der Waals surface area contributed by atoms with Crippen molar-refractivity contribution in [2.75, 3.05) is 5.73 Å². The zero-order valence-corrected chi connectivity index (χ0v) is 9.34. The van der Waals surface area contributed by atoms with Gasteiger partial charge in [0.25, 0.3) is 0 Å². The monoisotopic (exact) mass is 230 g/mol. The second-order valence-corrected chi connectivity index (χ2v) is 3.79. The first-order valence-corrected chi connectivity index (χ1v) is 5.32. The lowest BCUT2D eigenvalue weighted by molar-refractivity contribution is -0.118. The Labute approximate surface area is 99.1 Å². The molecule has 1 aromatic heterocycles. The third-order valence-corrected chi connectivity index (χ3v) is 2.46. The molecule has 1 amide bonds. The van der Waals surface area contributed by atoms with Gasteiger partial charge in [-0.1, -0.05) is 12.1 Å². The molecule has 0 unspecified atom stereocenters. The zero-order chi connectivity index (χ0) is 12.3. The van der Waals surface area contributed by atoms with Crippen molar-refractivity contribution >= 4 is 11.6 Å². The number of nitrogens with zero attached hydrogens (tertiary/aromatic N) is 2. The van der Waals surface area contributed by atoms with Crippen LogP contribution in [-0.4, -0.2) is 15.5 Å². The number of carbonyl (C=O) groups is 1. The number of nitrogens with two attached hydrogens (primary N) is 2. The van der Waals surface area contributed by atoms with E-state index in [0.717, 1.165) is 11.4 Å². The Balaban J connectivity index is 2.27. The molecule has 1 aromatic carbocycles. The predicted molar refractivity (Wildman–Crippen MR) is 65.9 cm³/mol. The molecule has 4 N–H and O–H groups in total. The van der Waals surface area contributed by atoms with Gasteiger partial charge in [-0.05, 0) is 12.1 Å². The van der Waals surface area contributed by atoms with Crippen molar-refractivity contribution in [3.05, 3.63) is 36.7 Å². The Morgan fingerprint density at radius 1 is 1.41 bits per heavy atom. The fourth-order valence-electron chi connectivity index (χ4n) is 1.66. The minimum absolute atomic E-state index is 0.297. The standard InChI is InChI=1S/C12H14N4O/c13-10-3-1-2-9(8-10)12-15-5-7-16(12)6-4-11(14)17/h1-3,5,7-8H,4,6,13H2,(H2,14,17). The molecule has 0 bridgehead atoms. The fourth-order valence-corrected chi connectivity index (χ4v) is 1.66. The molecule has 88 valence electrons. The van der Waals surface area contributed by atoms with Gasteiger partial charge in [0, 0.05) is 36.6 Å². The van der Waals surface area contributed by atoms with Crippen LogP contribution in [0.15, 0.2) is 36.7 Å². The van der Waals surface area contributed by atoms with Crippen molar-refractivity contribution in [3.63, 3.8) is 0 Å². The van der Waals surface area contributed by atoms with E-state index in [4.69, 9.17) is 11.5 Å². The Morgan fingerprint density at radius 2 is 2.24 bits per heavy atom. The van der Waals surface area contributed by atoms with Crippen LogP contribution in [0.25, 0.3) is 11.4 Å². The number of nitrogen functional groups attached to an aromatic ring is 1. The van der Waals surface area contributed by atoms with Gasteiger partial charge < -0.3 is 16.0 Å². The Hall–Kier alpha value is -2.30. The lowest BCUT2D eigenvalue weighted by Gasteiger charge is -2.07. The van der Waals surface area contributed by atoms with Gasteiger partial charge in [0.15, 0.2) is 0 Å². The van der Waals surface area contributed by atoms with Gasteiger partial charge in [-0.2, -0.15) is 0 Å². The summed E-state index contributed by atoms with van der Waals surface area (Å²) >= 11 is 0. The second kappa shape index (κ2) is 4.69. The Bertz CT molecular complexity index is 533. The SMILES string of the molecule is NC(=O)CCn1ccnc1-c1cccc(N)c1. The first kappa shape index (κ1) is 11.2. The number of primary amides is 1. The number of carbonyl (C=O) groups excluding carboxylic acids is 1. The van der Waals surface area contributed by atoms with E-state index in [1.165, 1.54) is 0 Å². The van der Waals surface area contributed by atoms with E-state index in [-0.39, 0.29) is 5.91 Å². The van der Waals surface area contributed by atoms with Crippen LogP contribution in [0, 0.1) is 0 Å². The molecule has 0 spiro atoms. The maximum atomic E-state index is 10.8. The molecule has 5 nitrogen and oxygen atoms in total. The van der Waals surface area contributed by atoms with Crippen LogP contribution in [0.4, 0.5) is 5.69 Å². The van der Waals surface area contributed by atoms with Gasteiger partial charge in [-0.25, -0.2) is 4.98 Å². The van der Waals surface area contributed by atoms with E-state index in [2.05, 4.69) is 4.98 Å². The molecule has 0 fully saturated rings. The molecule has 0 saturated heterocycles. The predicted octanol–water partition coefficient (Wildman–Crippen LogP) is 1.01. The highest BCUT2D eigenvalue weighted by atomic mass is 16.1. The zero-order valence-electron chi connectivity index (χ0n) is 9.34. The maximum absolute atomic E-state index is 10.8. The summed E-state index contributed by atoms with van der Waals surface area (Å²) < 4.78 is 1.89. The van der Waals surface area contributed by atoms with E-state index >= 15 is 0 Å². The molecular weight excluding hydrogens is 216 g/mol. The molecule has 0 radical (unpaired) electrons. The smallest absolute Gasteiger partial charge is 0.219 e. The molecule has 0 atom stereocenters. The number of amides is 1. The maximum Gasteiger partial charge on any atom is 0.219 e. The van der Waals surface area contributed by atoms with Crippen LogP contribution >= 0.6 is 0 Å². The molecular formula is C12H14N4O. The van der Waals surface area contributed by atoms with Gasteiger partial charge in [0.2, 0.25) is 5.91 Å². The van der Waals surface area contributed by atoms with Crippen LogP contribution < -0.4 is 11.5 Å². The molecule has 0 aliphatic heterocycles. The molecule has 0 aliphatic rings. The third kappa shape index (κ3) is 2.63. The summed E-state index contributed by atoms with van der Waals surface area (Å²) in [6.07, 6.45) is 3.81. The number of aromatic nitrogens is 2. The van der Waals surface area contributed by atoms with Crippen LogP contribution in [0.3, 0.4) is 0 Å². The number of hydrogen-bond donors (Lipinski definition) is 2. The summed E-state index contributed by atoms with van der Waals surface area (Å²) in [7, 11) is 0. The summed E-state index contributed by atoms with van der Waals surface area (Å²) in [4.78, 5) is 15.0. The van der Waals surface area contributed by atoms with E-state index in [1.807, 2.05) is 35.0 Å². The van der Waals surface area contributed by atoms with E-state index in [0.29, 0.717) is 18.7 Å². The minimum Gasteiger partial charge on any atom is -0.399 e. The van der Waals surface area contributed by atoms with Gasteiger partial charge in [-0.15, -0.1) is 0 Å². The average Bonchev–Trinajstić information content (AvgIpc) is 2.74. The normalized spacial score (nSPS) is 10.4. The summed E-state index contributed by atoms with van der Waals surface area (Å²) in [6, 6.07) is 7.47. The lowest BCUT2D eigenvalue weighted by atomic mass is 10.2. The van der Waals surface area contributed by atoms with Gasteiger partial charge >= 0.3 is 0 Å². The second-order valence-electron chi connectivity index (χ2n) is 3.79. The van der Waals surface area contributed by atoms with Crippen molar-refractivity contribution in [1.82, 2.24) is 9.55 Å². The lowest BCUT2D eigenvalue weighted by Crippen LogP contribution is -2.14. The van der Waals surface area contributed by atoms with E-state index < -0.39 is 0 Å². The summed E-state index contributed by atoms with van der Waals surface area (Å²) in [5.41, 5.74) is 12.5. The fraction of sp³-hybridized carbons (Fsp3) is 0.167. The van der Waals surface area contributed by atoms with Gasteiger partial charge in [0.05, 0.1) is 0 Å². The Morgan fingerprint density at radius 3 is 2.94 bits per heavy atom. The number of aryl methyl sites for hydroxylation is 1. The van der Waals surface area contributed by atoms with Crippen LogP contribution in [0.5, 0.6) is 0 Å². The first-order chi connectivity index (χ1) is 8.16. The molecule has 2 aromatic rings.